The molecule has 3 aromatic rings. The van der Waals surface area contributed by atoms with E-state index in [0.29, 0.717) is 29.7 Å². The lowest BCUT2D eigenvalue weighted by Gasteiger charge is -2.20. The number of methoxy groups -OCH3 is 1. The Morgan fingerprint density at radius 1 is 1.07 bits per heavy atom. The number of nitrogens with zero attached hydrogens (tertiary/aromatic N) is 2. The van der Waals surface area contributed by atoms with Crippen LogP contribution >= 0.6 is 0 Å². The molecule has 0 aliphatic rings. The Labute approximate surface area is 174 Å². The van der Waals surface area contributed by atoms with Crippen LogP contribution in [0.3, 0.4) is 0 Å². The predicted octanol–water partition coefficient (Wildman–Crippen LogP) is 2.40. The second-order valence-corrected chi connectivity index (χ2v) is 7.54. The minimum absolute atomic E-state index is 0.318. The van der Waals surface area contributed by atoms with Crippen molar-refractivity contribution in [2.75, 3.05) is 20.3 Å². The number of carbonyl (C=O) groups is 1. The van der Waals surface area contributed by atoms with Crippen molar-refractivity contribution in [3.8, 4) is 5.69 Å². The topological polar surface area (TPSA) is 82.3 Å². The van der Waals surface area contributed by atoms with Crippen LogP contribution in [0.5, 0.6) is 0 Å². The van der Waals surface area contributed by atoms with Gasteiger partial charge < -0.3 is 10.1 Å². The van der Waals surface area contributed by atoms with Crippen LogP contribution in [-0.4, -0.2) is 35.3 Å². The molecule has 0 saturated heterocycles. The molecule has 1 aromatic heterocycles. The number of hydrogen-bond donors (Lipinski definition) is 1. The van der Waals surface area contributed by atoms with Gasteiger partial charge in [-0.2, -0.15) is 0 Å². The zero-order valence-electron chi connectivity index (χ0n) is 18.0. The molecule has 0 bridgehead atoms. The van der Waals surface area contributed by atoms with Gasteiger partial charge in [0, 0.05) is 13.7 Å². The first kappa shape index (κ1) is 21.5. The summed E-state index contributed by atoms with van der Waals surface area (Å²) in [7, 11) is 1.55. The standard InChI is InChI=1S/C23H27N3O4/c1-14-6-9-20-19(12-14)22(28)26(18-8-7-15(2)16(3)13-18)23(29)25(20)17(4)21(27)24-10-11-30-5/h6-9,12-13,17H,10-11H2,1-5H3,(H,24,27)/t17-/m1/s1. The Hall–Kier alpha value is -3.19. The number of ether oxygens (including phenoxy) is 1. The van der Waals surface area contributed by atoms with Crippen LogP contribution in [0.2, 0.25) is 0 Å². The Kier molecular flexibility index (Phi) is 6.22. The van der Waals surface area contributed by atoms with E-state index in [2.05, 4.69) is 5.32 Å². The number of amides is 1. The fourth-order valence-corrected chi connectivity index (χ4v) is 3.46. The van der Waals surface area contributed by atoms with Crippen LogP contribution < -0.4 is 16.6 Å². The van der Waals surface area contributed by atoms with Crippen LogP contribution in [0.25, 0.3) is 16.6 Å². The number of aromatic nitrogens is 2. The Bertz CT molecular complexity index is 1220. The van der Waals surface area contributed by atoms with Crippen molar-refractivity contribution in [1.82, 2.24) is 14.5 Å². The first-order valence-corrected chi connectivity index (χ1v) is 9.88. The zero-order chi connectivity index (χ0) is 22.0. The highest BCUT2D eigenvalue weighted by Crippen LogP contribution is 2.18. The number of benzene rings is 2. The quantitative estimate of drug-likeness (QED) is 0.634. The van der Waals surface area contributed by atoms with E-state index in [-0.39, 0.29) is 5.91 Å². The van der Waals surface area contributed by atoms with Gasteiger partial charge in [-0.25, -0.2) is 9.36 Å². The fourth-order valence-electron chi connectivity index (χ4n) is 3.46. The predicted molar refractivity (Wildman–Crippen MR) is 118 cm³/mol. The van der Waals surface area contributed by atoms with Gasteiger partial charge in [0.2, 0.25) is 5.91 Å². The third kappa shape index (κ3) is 3.93. The maximum atomic E-state index is 13.5. The van der Waals surface area contributed by atoms with Crippen molar-refractivity contribution < 1.29 is 9.53 Å². The minimum atomic E-state index is -0.807. The van der Waals surface area contributed by atoms with Gasteiger partial charge in [0.15, 0.2) is 0 Å². The number of hydrogen-bond acceptors (Lipinski definition) is 4. The third-order valence-electron chi connectivity index (χ3n) is 5.36. The van der Waals surface area contributed by atoms with E-state index in [1.54, 1.807) is 32.2 Å². The van der Waals surface area contributed by atoms with E-state index in [4.69, 9.17) is 4.74 Å². The summed E-state index contributed by atoms with van der Waals surface area (Å²) in [6.07, 6.45) is 0. The monoisotopic (exact) mass is 409 g/mol. The van der Waals surface area contributed by atoms with Gasteiger partial charge in [-0.3, -0.25) is 14.2 Å². The van der Waals surface area contributed by atoms with Crippen LogP contribution in [0.4, 0.5) is 0 Å². The van der Waals surface area contributed by atoms with Gasteiger partial charge in [0.05, 0.1) is 23.2 Å². The average molecular weight is 409 g/mol. The number of nitrogens with one attached hydrogen (secondary N) is 1. The molecule has 3 rings (SSSR count). The Balaban J connectivity index is 2.28. The van der Waals surface area contributed by atoms with E-state index < -0.39 is 17.3 Å². The van der Waals surface area contributed by atoms with Crippen LogP contribution in [0.15, 0.2) is 46.0 Å². The number of rotatable bonds is 6. The summed E-state index contributed by atoms with van der Waals surface area (Å²) in [4.78, 5) is 39.5. The molecule has 2 aromatic carbocycles. The molecule has 1 heterocycles. The van der Waals surface area contributed by atoms with Crippen molar-refractivity contribution in [2.24, 2.45) is 0 Å². The van der Waals surface area contributed by atoms with Gasteiger partial charge in [0.1, 0.15) is 6.04 Å². The highest BCUT2D eigenvalue weighted by atomic mass is 16.5. The maximum absolute atomic E-state index is 13.5. The highest BCUT2D eigenvalue weighted by molar-refractivity contribution is 5.84. The van der Waals surface area contributed by atoms with Crippen molar-refractivity contribution in [2.45, 2.75) is 33.7 Å². The van der Waals surface area contributed by atoms with Crippen molar-refractivity contribution in [3.05, 3.63) is 73.9 Å². The largest absolute Gasteiger partial charge is 0.383 e. The lowest BCUT2D eigenvalue weighted by Crippen LogP contribution is -2.44. The number of fused-ring (bicyclic) bond motifs is 1. The lowest BCUT2D eigenvalue weighted by molar-refractivity contribution is -0.124. The molecule has 1 atom stereocenters. The van der Waals surface area contributed by atoms with Crippen molar-refractivity contribution >= 4 is 16.8 Å². The second-order valence-electron chi connectivity index (χ2n) is 7.54. The molecule has 7 heteroatoms. The van der Waals surface area contributed by atoms with Gasteiger partial charge in [-0.05, 0) is 63.1 Å². The summed E-state index contributed by atoms with van der Waals surface area (Å²) in [5.41, 5.74) is 2.91. The van der Waals surface area contributed by atoms with Gasteiger partial charge in [-0.1, -0.05) is 17.7 Å². The number of carbonyl (C=O) groups excluding carboxylic acids is 1. The van der Waals surface area contributed by atoms with E-state index in [0.717, 1.165) is 21.3 Å². The van der Waals surface area contributed by atoms with Crippen molar-refractivity contribution in [1.29, 1.82) is 0 Å². The van der Waals surface area contributed by atoms with Crippen molar-refractivity contribution in [3.63, 3.8) is 0 Å². The fraction of sp³-hybridized carbons (Fsp3) is 0.348. The summed E-state index contributed by atoms with van der Waals surface area (Å²) < 4.78 is 7.50. The van der Waals surface area contributed by atoms with Gasteiger partial charge in [0.25, 0.3) is 5.56 Å². The normalized spacial score (nSPS) is 12.2. The first-order valence-electron chi connectivity index (χ1n) is 9.88. The van der Waals surface area contributed by atoms with Gasteiger partial charge >= 0.3 is 5.69 Å². The molecular formula is C23H27N3O4. The Morgan fingerprint density at radius 2 is 1.80 bits per heavy atom. The molecule has 30 heavy (non-hydrogen) atoms. The van der Waals surface area contributed by atoms with E-state index in [1.807, 2.05) is 39.0 Å². The van der Waals surface area contributed by atoms with Crippen LogP contribution in [-0.2, 0) is 9.53 Å². The van der Waals surface area contributed by atoms with E-state index >= 15 is 0 Å². The molecule has 0 fully saturated rings. The molecule has 0 saturated carbocycles. The van der Waals surface area contributed by atoms with Crippen LogP contribution in [0, 0.1) is 20.8 Å². The second kappa shape index (κ2) is 8.67. The molecule has 158 valence electrons. The molecule has 1 amide bonds. The third-order valence-corrected chi connectivity index (χ3v) is 5.36. The molecule has 0 radical (unpaired) electrons. The summed E-state index contributed by atoms with van der Waals surface area (Å²) >= 11 is 0. The Morgan fingerprint density at radius 3 is 2.47 bits per heavy atom. The molecule has 7 nitrogen and oxygen atoms in total. The first-order chi connectivity index (χ1) is 14.3. The lowest BCUT2D eigenvalue weighted by atomic mass is 10.1. The van der Waals surface area contributed by atoms with E-state index in [9.17, 15) is 14.4 Å². The molecule has 0 aliphatic carbocycles. The number of aryl methyl sites for hydroxylation is 3. The summed E-state index contributed by atoms with van der Waals surface area (Å²) in [5, 5.41) is 3.16. The highest BCUT2D eigenvalue weighted by Gasteiger charge is 2.22. The summed E-state index contributed by atoms with van der Waals surface area (Å²) in [6.45, 7) is 8.14. The zero-order valence-corrected chi connectivity index (χ0v) is 18.0. The van der Waals surface area contributed by atoms with E-state index in [1.165, 1.54) is 4.57 Å². The average Bonchev–Trinajstić information content (AvgIpc) is 2.71. The smallest absolute Gasteiger partial charge is 0.336 e. The molecular weight excluding hydrogens is 382 g/mol. The molecule has 0 unspecified atom stereocenters. The molecule has 0 spiro atoms. The minimum Gasteiger partial charge on any atom is -0.383 e. The maximum Gasteiger partial charge on any atom is 0.336 e. The molecule has 1 N–H and O–H groups in total. The summed E-state index contributed by atoms with van der Waals surface area (Å²) in [6, 6.07) is 9.93. The summed E-state index contributed by atoms with van der Waals surface area (Å²) in [5.74, 6) is -0.318. The van der Waals surface area contributed by atoms with Gasteiger partial charge in [-0.15, -0.1) is 0 Å². The SMILES string of the molecule is COCCNC(=O)[C@@H](C)n1c(=O)n(-c2ccc(C)c(C)c2)c(=O)c2cc(C)ccc21. The van der Waals surface area contributed by atoms with Crippen LogP contribution in [0.1, 0.15) is 29.7 Å². The molecule has 0 aliphatic heterocycles.